The Morgan fingerprint density at radius 3 is 2.35 bits per heavy atom. The Hall–Kier alpha value is -2.97. The number of nitrogens with zero attached hydrogens (tertiary/aromatic N) is 1. The molecule has 4 rings (SSSR count). The van der Waals surface area contributed by atoms with Crippen LogP contribution in [0.15, 0.2) is 48.7 Å². The van der Waals surface area contributed by atoms with Crippen LogP contribution in [-0.4, -0.2) is 36.4 Å². The molecule has 2 heterocycles. The molecule has 0 saturated carbocycles. The maximum atomic E-state index is 15.1. The normalized spacial score (nSPS) is 17.0. The van der Waals surface area contributed by atoms with Crippen molar-refractivity contribution in [2.24, 2.45) is 0 Å². The molecule has 1 aliphatic rings. The van der Waals surface area contributed by atoms with E-state index in [1.165, 1.54) is 25.4 Å². The van der Waals surface area contributed by atoms with Gasteiger partial charge in [-0.2, -0.15) is 0 Å². The highest BCUT2D eigenvalue weighted by Crippen LogP contribution is 2.37. The van der Waals surface area contributed by atoms with Crippen LogP contribution < -0.4 is 10.2 Å². The van der Waals surface area contributed by atoms with Gasteiger partial charge in [-0.15, -0.1) is 0 Å². The Labute approximate surface area is 180 Å². The minimum atomic E-state index is -0.522. The smallest absolute Gasteiger partial charge is 0.465 e. The molecule has 1 fully saturated rings. The van der Waals surface area contributed by atoms with Crippen molar-refractivity contribution in [2.75, 3.05) is 7.11 Å². The average Bonchev–Trinajstić information content (AvgIpc) is 2.97. The van der Waals surface area contributed by atoms with Gasteiger partial charge in [0.25, 0.3) is 0 Å². The molecule has 6 nitrogen and oxygen atoms in total. The minimum Gasteiger partial charge on any atom is -0.465 e. The van der Waals surface area contributed by atoms with Gasteiger partial charge in [-0.25, -0.2) is 14.2 Å². The van der Waals surface area contributed by atoms with Gasteiger partial charge in [0, 0.05) is 17.6 Å². The Balaban J connectivity index is 1.59. The largest absolute Gasteiger partial charge is 0.494 e. The van der Waals surface area contributed by atoms with Crippen molar-refractivity contribution in [3.05, 3.63) is 60.0 Å². The number of esters is 1. The molecule has 8 heteroatoms. The standard InChI is InChI=1S/C23H23BFNO5/c1-22(2)23(3,4)31-24(30-22)16-8-9-17-14(12-16)6-10-18(20(17)25)29-19-11-7-15(13-26-19)21(27)28-5/h6-13H,1-5H3. The Morgan fingerprint density at radius 2 is 1.74 bits per heavy atom. The van der Waals surface area contributed by atoms with Gasteiger partial charge in [0.05, 0.1) is 23.9 Å². The van der Waals surface area contributed by atoms with Crippen LogP contribution in [0, 0.1) is 5.82 Å². The van der Waals surface area contributed by atoms with Gasteiger partial charge in [-0.1, -0.05) is 24.3 Å². The van der Waals surface area contributed by atoms with E-state index in [9.17, 15) is 4.79 Å². The molecule has 0 spiro atoms. The first kappa shape index (κ1) is 21.3. The summed E-state index contributed by atoms with van der Waals surface area (Å²) in [5, 5.41) is 1.11. The molecule has 2 aromatic carbocycles. The molecule has 0 atom stereocenters. The first-order valence-electron chi connectivity index (χ1n) is 9.91. The maximum absolute atomic E-state index is 15.1. The fraction of sp³-hybridized carbons (Fsp3) is 0.304. The molecule has 1 aromatic heterocycles. The number of benzene rings is 2. The van der Waals surface area contributed by atoms with Gasteiger partial charge >= 0.3 is 13.1 Å². The van der Waals surface area contributed by atoms with E-state index in [0.29, 0.717) is 10.8 Å². The summed E-state index contributed by atoms with van der Waals surface area (Å²) in [5.41, 5.74) is 0.196. The predicted octanol–water partition coefficient (Wildman–Crippen LogP) is 4.25. The number of carbonyl (C=O) groups is 1. The summed E-state index contributed by atoms with van der Waals surface area (Å²) in [6.07, 6.45) is 1.32. The lowest BCUT2D eigenvalue weighted by atomic mass is 9.78. The third-order valence-electron chi connectivity index (χ3n) is 5.84. The average molecular weight is 423 g/mol. The molecule has 1 saturated heterocycles. The topological polar surface area (TPSA) is 66.9 Å². The molecular formula is C23H23BFNO5. The third-order valence-corrected chi connectivity index (χ3v) is 5.84. The zero-order chi connectivity index (χ0) is 22.4. The minimum absolute atomic E-state index is 0.0363. The van der Waals surface area contributed by atoms with Gasteiger partial charge in [-0.05, 0) is 50.7 Å². The Bertz CT molecular complexity index is 1130. The number of ether oxygens (including phenoxy) is 2. The van der Waals surface area contributed by atoms with Gasteiger partial charge in [0.2, 0.25) is 5.88 Å². The summed E-state index contributed by atoms with van der Waals surface area (Å²) in [6, 6.07) is 11.6. The molecule has 3 aromatic rings. The van der Waals surface area contributed by atoms with Crippen molar-refractivity contribution in [1.82, 2.24) is 4.98 Å². The molecule has 0 unspecified atom stereocenters. The van der Waals surface area contributed by atoms with Crippen molar-refractivity contribution in [1.29, 1.82) is 0 Å². The number of carbonyl (C=O) groups excluding carboxylic acids is 1. The van der Waals surface area contributed by atoms with E-state index in [1.54, 1.807) is 24.3 Å². The van der Waals surface area contributed by atoms with Crippen LogP contribution in [0.2, 0.25) is 0 Å². The van der Waals surface area contributed by atoms with Gasteiger partial charge in [0.15, 0.2) is 11.6 Å². The van der Waals surface area contributed by atoms with Crippen LogP contribution in [-0.2, 0) is 14.0 Å². The van der Waals surface area contributed by atoms with E-state index in [2.05, 4.69) is 9.72 Å². The van der Waals surface area contributed by atoms with Crippen molar-refractivity contribution >= 4 is 29.3 Å². The molecule has 1 aliphatic heterocycles. The lowest BCUT2D eigenvalue weighted by molar-refractivity contribution is 0.00578. The molecule has 0 bridgehead atoms. The quantitative estimate of drug-likeness (QED) is 0.462. The summed E-state index contributed by atoms with van der Waals surface area (Å²) < 4.78 is 37.5. The number of hydrogen-bond donors (Lipinski definition) is 0. The van der Waals surface area contributed by atoms with E-state index >= 15 is 4.39 Å². The Kier molecular flexibility index (Phi) is 5.23. The summed E-state index contributed by atoms with van der Waals surface area (Å²) in [6.45, 7) is 7.96. The SMILES string of the molecule is COC(=O)c1ccc(Oc2ccc3cc(B4OC(C)(C)C(C)(C)O4)ccc3c2F)nc1. The monoisotopic (exact) mass is 423 g/mol. The third kappa shape index (κ3) is 3.89. The molecule has 0 radical (unpaired) electrons. The van der Waals surface area contributed by atoms with E-state index in [1.807, 2.05) is 33.8 Å². The van der Waals surface area contributed by atoms with Crippen LogP contribution in [0.5, 0.6) is 11.6 Å². The first-order valence-corrected chi connectivity index (χ1v) is 9.91. The fourth-order valence-corrected chi connectivity index (χ4v) is 3.29. The van der Waals surface area contributed by atoms with E-state index in [-0.39, 0.29) is 17.2 Å². The van der Waals surface area contributed by atoms with Crippen molar-refractivity contribution in [2.45, 2.75) is 38.9 Å². The second-order valence-corrected chi connectivity index (χ2v) is 8.43. The fourth-order valence-electron chi connectivity index (χ4n) is 3.29. The van der Waals surface area contributed by atoms with E-state index in [0.717, 1.165) is 5.46 Å². The lowest BCUT2D eigenvalue weighted by Crippen LogP contribution is -2.41. The molecular weight excluding hydrogens is 400 g/mol. The van der Waals surface area contributed by atoms with Gasteiger partial charge in [0.1, 0.15) is 0 Å². The van der Waals surface area contributed by atoms with Gasteiger partial charge in [-0.3, -0.25) is 0 Å². The van der Waals surface area contributed by atoms with Crippen LogP contribution in [0.3, 0.4) is 0 Å². The highest BCUT2D eigenvalue weighted by atomic mass is 19.1. The Morgan fingerprint density at radius 1 is 1.03 bits per heavy atom. The lowest BCUT2D eigenvalue weighted by Gasteiger charge is -2.32. The highest BCUT2D eigenvalue weighted by molar-refractivity contribution is 6.62. The second-order valence-electron chi connectivity index (χ2n) is 8.43. The summed E-state index contributed by atoms with van der Waals surface area (Å²) in [7, 11) is 0.765. The first-order chi connectivity index (χ1) is 14.6. The number of hydrogen-bond acceptors (Lipinski definition) is 6. The zero-order valence-corrected chi connectivity index (χ0v) is 18.1. The number of rotatable bonds is 4. The van der Waals surface area contributed by atoms with E-state index in [4.69, 9.17) is 14.0 Å². The predicted molar refractivity (Wildman–Crippen MR) is 115 cm³/mol. The van der Waals surface area contributed by atoms with Crippen molar-refractivity contribution in [3.63, 3.8) is 0 Å². The summed E-state index contributed by atoms with van der Waals surface area (Å²) in [5.74, 6) is -0.806. The molecule has 31 heavy (non-hydrogen) atoms. The zero-order valence-electron chi connectivity index (χ0n) is 18.1. The van der Waals surface area contributed by atoms with Crippen LogP contribution in [0.4, 0.5) is 4.39 Å². The second kappa shape index (κ2) is 7.62. The van der Waals surface area contributed by atoms with Crippen LogP contribution >= 0.6 is 0 Å². The maximum Gasteiger partial charge on any atom is 0.494 e. The summed E-state index contributed by atoms with van der Waals surface area (Å²) >= 11 is 0. The number of pyridine rings is 1. The summed E-state index contributed by atoms with van der Waals surface area (Å²) in [4.78, 5) is 15.5. The molecule has 0 aliphatic carbocycles. The number of halogens is 1. The molecule has 0 amide bonds. The van der Waals surface area contributed by atoms with Crippen LogP contribution in [0.25, 0.3) is 10.8 Å². The number of methoxy groups -OCH3 is 1. The highest BCUT2D eigenvalue weighted by Gasteiger charge is 2.51. The van der Waals surface area contributed by atoms with E-state index < -0.39 is 30.1 Å². The van der Waals surface area contributed by atoms with Crippen molar-refractivity contribution in [3.8, 4) is 11.6 Å². The molecule has 0 N–H and O–H groups in total. The van der Waals surface area contributed by atoms with Crippen molar-refractivity contribution < 1.29 is 28.0 Å². The number of aromatic nitrogens is 1. The van der Waals surface area contributed by atoms with Gasteiger partial charge < -0.3 is 18.8 Å². The number of fused-ring (bicyclic) bond motifs is 1. The van der Waals surface area contributed by atoms with Crippen LogP contribution in [0.1, 0.15) is 38.1 Å². The molecule has 160 valence electrons.